The summed E-state index contributed by atoms with van der Waals surface area (Å²) in [7, 11) is 0. The van der Waals surface area contributed by atoms with Crippen molar-refractivity contribution in [3.63, 3.8) is 0 Å². The summed E-state index contributed by atoms with van der Waals surface area (Å²) >= 11 is 0. The van der Waals surface area contributed by atoms with Crippen molar-refractivity contribution in [1.29, 1.82) is 0 Å². The second-order valence-corrected chi connectivity index (χ2v) is 2.50. The molecule has 0 aliphatic heterocycles. The van der Waals surface area contributed by atoms with Gasteiger partial charge < -0.3 is 10.2 Å². The van der Waals surface area contributed by atoms with Gasteiger partial charge in [-0.1, -0.05) is 0 Å². The van der Waals surface area contributed by atoms with E-state index in [1.54, 1.807) is 6.92 Å². The van der Waals surface area contributed by atoms with Crippen LogP contribution in [0.4, 0.5) is 14.6 Å². The number of nitrogen functional groups attached to an aromatic ring is 1. The number of hydrogen-bond acceptors (Lipinski definition) is 5. The molecule has 0 radical (unpaired) electrons. The van der Waals surface area contributed by atoms with Crippen LogP contribution in [0.15, 0.2) is 6.33 Å². The molecule has 1 aromatic rings. The first-order valence-electron chi connectivity index (χ1n) is 3.84. The van der Waals surface area contributed by atoms with Gasteiger partial charge in [0.15, 0.2) is 6.61 Å². The Balaban J connectivity index is 2.76. The molecule has 0 aliphatic carbocycles. The number of aromatic nitrogens is 2. The van der Waals surface area contributed by atoms with Crippen LogP contribution in [0.2, 0.25) is 0 Å². The van der Waals surface area contributed by atoms with Gasteiger partial charge >= 0.3 is 0 Å². The van der Waals surface area contributed by atoms with Crippen molar-refractivity contribution in [3.05, 3.63) is 11.9 Å². The summed E-state index contributed by atoms with van der Waals surface area (Å²) in [6.07, 6.45) is -1.35. The fourth-order valence-corrected chi connectivity index (χ4v) is 0.867. The minimum absolute atomic E-state index is 0.105. The molecule has 0 bridgehead atoms. The molecule has 0 fully saturated rings. The minimum Gasteiger partial charge on any atom is -0.471 e. The van der Waals surface area contributed by atoms with E-state index in [-0.39, 0.29) is 5.88 Å². The number of rotatable bonds is 4. The first-order chi connectivity index (χ1) is 6.65. The highest BCUT2D eigenvalue weighted by Gasteiger charge is 2.09. The molecule has 0 spiro atoms. The van der Waals surface area contributed by atoms with Crippen LogP contribution in [0.5, 0.6) is 5.88 Å². The van der Waals surface area contributed by atoms with Crippen molar-refractivity contribution in [2.45, 2.75) is 13.3 Å². The highest BCUT2D eigenvalue weighted by Crippen LogP contribution is 2.19. The summed E-state index contributed by atoms with van der Waals surface area (Å²) in [4.78, 5) is 7.47. The molecule has 0 saturated heterocycles. The van der Waals surface area contributed by atoms with Gasteiger partial charge in [-0.05, 0) is 6.92 Å². The summed E-state index contributed by atoms with van der Waals surface area (Å²) < 4.78 is 28.4. The van der Waals surface area contributed by atoms with Crippen molar-refractivity contribution in [1.82, 2.24) is 9.97 Å². The van der Waals surface area contributed by atoms with Crippen LogP contribution in [0.25, 0.3) is 0 Å². The number of ether oxygens (including phenoxy) is 1. The zero-order chi connectivity index (χ0) is 10.6. The number of nitrogens with zero attached hydrogens (tertiary/aromatic N) is 2. The molecule has 14 heavy (non-hydrogen) atoms. The number of nitrogens with one attached hydrogen (secondary N) is 1. The molecule has 1 rings (SSSR count). The zero-order valence-corrected chi connectivity index (χ0v) is 7.50. The van der Waals surface area contributed by atoms with E-state index in [9.17, 15) is 8.78 Å². The van der Waals surface area contributed by atoms with Crippen LogP contribution < -0.4 is 16.0 Å². The second kappa shape index (κ2) is 4.66. The number of halogens is 2. The number of alkyl halides is 2. The Labute approximate surface area is 79.3 Å². The lowest BCUT2D eigenvalue weighted by Crippen LogP contribution is -2.13. The van der Waals surface area contributed by atoms with Crippen LogP contribution in [-0.2, 0) is 0 Å². The third-order valence-corrected chi connectivity index (χ3v) is 1.52. The monoisotopic (exact) mass is 204 g/mol. The first kappa shape index (κ1) is 10.6. The SMILES string of the molecule is Cc1c(NN)ncnc1OCC(F)F. The van der Waals surface area contributed by atoms with E-state index in [1.165, 1.54) is 6.33 Å². The molecule has 3 N–H and O–H groups in total. The van der Waals surface area contributed by atoms with E-state index in [0.29, 0.717) is 11.4 Å². The Bertz CT molecular complexity index is 308. The van der Waals surface area contributed by atoms with Crippen LogP contribution in [0.1, 0.15) is 5.56 Å². The molecular formula is C7H10F2N4O. The third kappa shape index (κ3) is 2.49. The lowest BCUT2D eigenvalue weighted by atomic mass is 10.3. The summed E-state index contributed by atoms with van der Waals surface area (Å²) in [5.74, 6) is 5.59. The second-order valence-electron chi connectivity index (χ2n) is 2.50. The van der Waals surface area contributed by atoms with Crippen LogP contribution >= 0.6 is 0 Å². The maximum absolute atomic E-state index is 11.8. The van der Waals surface area contributed by atoms with Crippen molar-refractivity contribution in [3.8, 4) is 5.88 Å². The molecule has 0 atom stereocenters. The topological polar surface area (TPSA) is 73.1 Å². The predicted octanol–water partition coefficient (Wildman–Crippen LogP) is 0.715. The van der Waals surface area contributed by atoms with Gasteiger partial charge in [-0.25, -0.2) is 24.6 Å². The normalized spacial score (nSPS) is 10.4. The summed E-state index contributed by atoms with van der Waals surface area (Å²) in [5, 5.41) is 0. The number of hydrogen-bond donors (Lipinski definition) is 2. The van der Waals surface area contributed by atoms with Crippen LogP contribution in [0.3, 0.4) is 0 Å². The average Bonchev–Trinajstić information content (AvgIpc) is 2.16. The highest BCUT2D eigenvalue weighted by molar-refractivity contribution is 5.46. The standard InChI is InChI=1S/C7H10F2N4O/c1-4-6(13-10)11-3-12-7(4)14-2-5(8)9/h3,5H,2,10H2,1H3,(H,11,12,13). The van der Waals surface area contributed by atoms with Crippen LogP contribution in [-0.4, -0.2) is 23.0 Å². The van der Waals surface area contributed by atoms with Gasteiger partial charge in [0, 0.05) is 0 Å². The Hall–Kier alpha value is -1.50. The fraction of sp³-hybridized carbons (Fsp3) is 0.429. The molecule has 1 heterocycles. The largest absolute Gasteiger partial charge is 0.471 e. The van der Waals surface area contributed by atoms with Gasteiger partial charge in [-0.2, -0.15) is 0 Å². The average molecular weight is 204 g/mol. The molecule has 0 aliphatic rings. The molecule has 0 amide bonds. The fourth-order valence-electron chi connectivity index (χ4n) is 0.867. The molecule has 78 valence electrons. The highest BCUT2D eigenvalue weighted by atomic mass is 19.3. The number of nitrogens with two attached hydrogens (primary N) is 1. The van der Waals surface area contributed by atoms with Gasteiger partial charge in [0.1, 0.15) is 12.1 Å². The molecule has 1 aromatic heterocycles. The number of anilines is 1. The maximum Gasteiger partial charge on any atom is 0.272 e. The quantitative estimate of drug-likeness (QED) is 0.558. The van der Waals surface area contributed by atoms with E-state index in [1.807, 2.05) is 0 Å². The smallest absolute Gasteiger partial charge is 0.272 e. The molecule has 0 saturated carbocycles. The third-order valence-electron chi connectivity index (χ3n) is 1.52. The van der Waals surface area contributed by atoms with Crippen molar-refractivity contribution < 1.29 is 13.5 Å². The Morgan fingerprint density at radius 3 is 2.86 bits per heavy atom. The lowest BCUT2D eigenvalue weighted by Gasteiger charge is -2.09. The van der Waals surface area contributed by atoms with Crippen molar-refractivity contribution in [2.75, 3.05) is 12.0 Å². The van der Waals surface area contributed by atoms with E-state index < -0.39 is 13.0 Å². The van der Waals surface area contributed by atoms with Crippen molar-refractivity contribution in [2.24, 2.45) is 5.84 Å². The molecule has 0 unspecified atom stereocenters. The Morgan fingerprint density at radius 2 is 2.29 bits per heavy atom. The molecule has 7 heteroatoms. The predicted molar refractivity (Wildman–Crippen MR) is 46.1 cm³/mol. The summed E-state index contributed by atoms with van der Waals surface area (Å²) in [6.45, 7) is 0.928. The van der Waals surface area contributed by atoms with Gasteiger partial charge in [-0.3, -0.25) is 0 Å². The van der Waals surface area contributed by atoms with Crippen LogP contribution in [0, 0.1) is 6.92 Å². The van der Waals surface area contributed by atoms with E-state index in [0.717, 1.165) is 0 Å². The van der Waals surface area contributed by atoms with Gasteiger partial charge in [0.25, 0.3) is 6.43 Å². The van der Waals surface area contributed by atoms with E-state index >= 15 is 0 Å². The lowest BCUT2D eigenvalue weighted by molar-refractivity contribution is 0.0792. The Morgan fingerprint density at radius 1 is 1.57 bits per heavy atom. The minimum atomic E-state index is -2.53. The van der Waals surface area contributed by atoms with Gasteiger partial charge in [0.2, 0.25) is 5.88 Å². The first-order valence-corrected chi connectivity index (χ1v) is 3.84. The van der Waals surface area contributed by atoms with Crippen molar-refractivity contribution >= 4 is 5.82 Å². The Kier molecular flexibility index (Phi) is 3.52. The van der Waals surface area contributed by atoms with Gasteiger partial charge in [0.05, 0.1) is 5.56 Å². The molecule has 0 aromatic carbocycles. The van der Waals surface area contributed by atoms with E-state index in [4.69, 9.17) is 10.6 Å². The summed E-state index contributed by atoms with van der Waals surface area (Å²) in [5.41, 5.74) is 2.80. The molecule has 5 nitrogen and oxygen atoms in total. The summed E-state index contributed by atoms with van der Waals surface area (Å²) in [6, 6.07) is 0. The molecular weight excluding hydrogens is 194 g/mol. The number of hydrazine groups is 1. The van der Waals surface area contributed by atoms with E-state index in [2.05, 4.69) is 15.4 Å². The zero-order valence-electron chi connectivity index (χ0n) is 7.50. The maximum atomic E-state index is 11.8. The van der Waals surface area contributed by atoms with Gasteiger partial charge in [-0.15, -0.1) is 0 Å².